The predicted molar refractivity (Wildman–Crippen MR) is 65.4 cm³/mol. The van der Waals surface area contributed by atoms with Crippen molar-refractivity contribution in [3.63, 3.8) is 0 Å². The minimum atomic E-state index is -0.0483. The van der Waals surface area contributed by atoms with Crippen molar-refractivity contribution in [1.82, 2.24) is 14.9 Å². The molecule has 5 heteroatoms. The zero-order chi connectivity index (χ0) is 12.3. The Morgan fingerprint density at radius 3 is 2.88 bits per heavy atom. The van der Waals surface area contributed by atoms with Crippen LogP contribution in [0.3, 0.4) is 0 Å². The molecule has 1 saturated heterocycles. The normalized spacial score (nSPS) is 19.3. The Bertz CT molecular complexity index is 353. The number of carbonyl (C=O) groups is 1. The van der Waals surface area contributed by atoms with Crippen LogP contribution in [0.5, 0.6) is 0 Å². The Balaban J connectivity index is 1.84. The summed E-state index contributed by atoms with van der Waals surface area (Å²) >= 11 is 0. The lowest BCUT2D eigenvalue weighted by Gasteiger charge is -2.32. The molecule has 1 aliphatic rings. The summed E-state index contributed by atoms with van der Waals surface area (Å²) in [4.78, 5) is 20.9. The van der Waals surface area contributed by atoms with E-state index in [2.05, 4.69) is 9.97 Å². The highest BCUT2D eigenvalue weighted by Gasteiger charge is 2.24. The first-order valence-electron chi connectivity index (χ1n) is 6.18. The van der Waals surface area contributed by atoms with Gasteiger partial charge in [-0.3, -0.25) is 4.79 Å². The van der Waals surface area contributed by atoms with E-state index >= 15 is 0 Å². The summed E-state index contributed by atoms with van der Waals surface area (Å²) in [6, 6.07) is -0.0483. The first kappa shape index (κ1) is 12.1. The van der Waals surface area contributed by atoms with Gasteiger partial charge in [0.25, 0.3) is 0 Å². The number of nitrogens with zero attached hydrogens (tertiary/aromatic N) is 2. The fourth-order valence-corrected chi connectivity index (χ4v) is 2.33. The van der Waals surface area contributed by atoms with Crippen LogP contribution >= 0.6 is 0 Å². The fraction of sp³-hybridized carbons (Fsp3) is 0.667. The second-order valence-corrected chi connectivity index (χ2v) is 4.84. The van der Waals surface area contributed by atoms with E-state index in [1.165, 1.54) is 5.69 Å². The summed E-state index contributed by atoms with van der Waals surface area (Å²) in [6.45, 7) is 3.53. The number of aromatic amines is 1. The van der Waals surface area contributed by atoms with Gasteiger partial charge in [-0.1, -0.05) is 0 Å². The van der Waals surface area contributed by atoms with E-state index in [-0.39, 0.29) is 11.9 Å². The van der Waals surface area contributed by atoms with Crippen LogP contribution in [0.2, 0.25) is 0 Å². The molecule has 3 N–H and O–H groups in total. The zero-order valence-corrected chi connectivity index (χ0v) is 10.2. The van der Waals surface area contributed by atoms with Crippen molar-refractivity contribution in [2.45, 2.75) is 38.1 Å². The number of nitrogens with two attached hydrogens (primary N) is 1. The Labute approximate surface area is 101 Å². The van der Waals surface area contributed by atoms with E-state index in [0.717, 1.165) is 25.9 Å². The highest BCUT2D eigenvalue weighted by atomic mass is 16.2. The smallest absolute Gasteiger partial charge is 0.224 e. The van der Waals surface area contributed by atoms with Crippen LogP contribution in [0.25, 0.3) is 0 Å². The zero-order valence-electron chi connectivity index (χ0n) is 10.2. The summed E-state index contributed by atoms with van der Waals surface area (Å²) in [7, 11) is 0. The molecule has 0 bridgehead atoms. The molecule has 1 aliphatic heterocycles. The second kappa shape index (κ2) is 5.31. The molecule has 2 heterocycles. The molecule has 1 atom stereocenters. The number of imidazole rings is 1. The molecule has 0 radical (unpaired) electrons. The van der Waals surface area contributed by atoms with Gasteiger partial charge in [-0.25, -0.2) is 4.98 Å². The van der Waals surface area contributed by atoms with Crippen molar-refractivity contribution in [2.24, 2.45) is 5.73 Å². The van der Waals surface area contributed by atoms with E-state index in [1.807, 2.05) is 18.0 Å². The van der Waals surface area contributed by atoms with Crippen molar-refractivity contribution < 1.29 is 4.79 Å². The average molecular weight is 236 g/mol. The standard InChI is InChI=1S/C12H20N4O/c1-9(13)6-12(17)16-4-2-10(3-5-16)11-7-14-8-15-11/h7-10H,2-6,13H2,1H3,(H,14,15). The molecule has 1 unspecified atom stereocenters. The Morgan fingerprint density at radius 1 is 1.65 bits per heavy atom. The highest BCUT2D eigenvalue weighted by Crippen LogP contribution is 2.26. The molecule has 1 aromatic heterocycles. The molecule has 1 aromatic rings. The van der Waals surface area contributed by atoms with Crippen LogP contribution in [0.15, 0.2) is 12.5 Å². The molecule has 0 aromatic carbocycles. The van der Waals surface area contributed by atoms with E-state index < -0.39 is 0 Å². The lowest BCUT2D eigenvalue weighted by Crippen LogP contribution is -2.40. The second-order valence-electron chi connectivity index (χ2n) is 4.84. The van der Waals surface area contributed by atoms with E-state index in [4.69, 9.17) is 5.73 Å². The van der Waals surface area contributed by atoms with Gasteiger partial charge in [-0.05, 0) is 19.8 Å². The SMILES string of the molecule is CC(N)CC(=O)N1CCC(c2cnc[nH]2)CC1. The summed E-state index contributed by atoms with van der Waals surface area (Å²) in [5.74, 6) is 0.694. The number of likely N-dealkylation sites (tertiary alicyclic amines) is 1. The largest absolute Gasteiger partial charge is 0.348 e. The van der Waals surface area contributed by atoms with E-state index in [9.17, 15) is 4.79 Å². The van der Waals surface area contributed by atoms with Gasteiger partial charge < -0.3 is 15.6 Å². The number of amides is 1. The molecule has 0 saturated carbocycles. The lowest BCUT2D eigenvalue weighted by atomic mass is 9.94. The van der Waals surface area contributed by atoms with Crippen LogP contribution in [0, 0.1) is 0 Å². The third-order valence-electron chi connectivity index (χ3n) is 3.30. The van der Waals surface area contributed by atoms with Crippen molar-refractivity contribution in [3.05, 3.63) is 18.2 Å². The third kappa shape index (κ3) is 3.06. The lowest BCUT2D eigenvalue weighted by molar-refractivity contribution is -0.132. The van der Waals surface area contributed by atoms with Gasteiger partial charge in [0.1, 0.15) is 0 Å². The molecule has 17 heavy (non-hydrogen) atoms. The highest BCUT2D eigenvalue weighted by molar-refractivity contribution is 5.76. The minimum absolute atomic E-state index is 0.0483. The van der Waals surface area contributed by atoms with Gasteiger partial charge in [-0.15, -0.1) is 0 Å². The molecule has 1 amide bonds. The molecular formula is C12H20N4O. The van der Waals surface area contributed by atoms with Crippen LogP contribution in [0.4, 0.5) is 0 Å². The molecule has 94 valence electrons. The van der Waals surface area contributed by atoms with Gasteiger partial charge in [0.05, 0.1) is 6.33 Å². The van der Waals surface area contributed by atoms with Crippen molar-refractivity contribution in [2.75, 3.05) is 13.1 Å². The summed E-state index contributed by atoms with van der Waals surface area (Å²) in [5.41, 5.74) is 6.83. The van der Waals surface area contributed by atoms with Gasteiger partial charge in [-0.2, -0.15) is 0 Å². The van der Waals surface area contributed by atoms with Gasteiger partial charge in [0.2, 0.25) is 5.91 Å². The van der Waals surface area contributed by atoms with Crippen LogP contribution in [0.1, 0.15) is 37.8 Å². The topological polar surface area (TPSA) is 75.0 Å². The predicted octanol–water partition coefficient (Wildman–Crippen LogP) is 0.853. The molecule has 0 spiro atoms. The fourth-order valence-electron chi connectivity index (χ4n) is 2.33. The van der Waals surface area contributed by atoms with Crippen LogP contribution in [-0.2, 0) is 4.79 Å². The number of carbonyl (C=O) groups excluding carboxylic acids is 1. The first-order chi connectivity index (χ1) is 8.16. The molecule has 0 aliphatic carbocycles. The number of piperidine rings is 1. The average Bonchev–Trinajstić information content (AvgIpc) is 2.82. The monoisotopic (exact) mass is 236 g/mol. The van der Waals surface area contributed by atoms with Crippen molar-refractivity contribution in [1.29, 1.82) is 0 Å². The maximum Gasteiger partial charge on any atom is 0.224 e. The molecule has 2 rings (SSSR count). The quantitative estimate of drug-likeness (QED) is 0.817. The number of hydrogen-bond donors (Lipinski definition) is 2. The maximum absolute atomic E-state index is 11.8. The molecular weight excluding hydrogens is 216 g/mol. The van der Waals surface area contributed by atoms with Crippen LogP contribution < -0.4 is 5.73 Å². The third-order valence-corrected chi connectivity index (χ3v) is 3.30. The summed E-state index contributed by atoms with van der Waals surface area (Å²) < 4.78 is 0. The number of nitrogens with one attached hydrogen (secondary N) is 1. The minimum Gasteiger partial charge on any atom is -0.348 e. The number of hydrogen-bond acceptors (Lipinski definition) is 3. The van der Waals surface area contributed by atoms with Gasteiger partial charge in [0.15, 0.2) is 0 Å². The Hall–Kier alpha value is -1.36. The van der Waals surface area contributed by atoms with E-state index in [0.29, 0.717) is 12.3 Å². The number of H-pyrrole nitrogens is 1. The number of aromatic nitrogens is 2. The summed E-state index contributed by atoms with van der Waals surface area (Å²) in [6.07, 6.45) is 6.06. The summed E-state index contributed by atoms with van der Waals surface area (Å²) in [5, 5.41) is 0. The first-order valence-corrected chi connectivity index (χ1v) is 6.18. The van der Waals surface area contributed by atoms with Crippen molar-refractivity contribution >= 4 is 5.91 Å². The Morgan fingerprint density at radius 2 is 2.35 bits per heavy atom. The molecule has 5 nitrogen and oxygen atoms in total. The van der Waals surface area contributed by atoms with E-state index in [1.54, 1.807) is 6.33 Å². The van der Waals surface area contributed by atoms with Gasteiger partial charge in [0, 0.05) is 43.4 Å². The Kier molecular flexibility index (Phi) is 3.78. The van der Waals surface area contributed by atoms with Crippen LogP contribution in [-0.4, -0.2) is 39.9 Å². The van der Waals surface area contributed by atoms with Crippen molar-refractivity contribution in [3.8, 4) is 0 Å². The number of rotatable bonds is 3. The maximum atomic E-state index is 11.8. The van der Waals surface area contributed by atoms with Gasteiger partial charge >= 0.3 is 0 Å². The molecule has 1 fully saturated rings.